The van der Waals surface area contributed by atoms with Crippen molar-refractivity contribution >= 4 is 17.7 Å². The Hall–Kier alpha value is -3.79. The van der Waals surface area contributed by atoms with E-state index in [1.54, 1.807) is 59.4 Å². The van der Waals surface area contributed by atoms with E-state index in [1.807, 2.05) is 0 Å². The number of rotatable bonds is 6. The number of ether oxygens (including phenoxy) is 4. The number of fused-ring (bicyclic) bond motifs is 1. The standard InChI is InChI=1S/C27H31N3O7/c1-34-21-5-2-19(3-6-21)26(32)29-10-8-18(9-11-29)24(27(33)30-12-14-35-15-13-30)28-25(31)20-4-7-22-23(16-20)37-17-36-22/h2-7,16,18,24H,8-15,17H2,1H3,(H,28,31)/t24-/m1/s1. The fraction of sp³-hybridized carbons (Fsp3) is 0.444. The van der Waals surface area contributed by atoms with Crippen LogP contribution >= 0.6 is 0 Å². The zero-order valence-corrected chi connectivity index (χ0v) is 20.8. The summed E-state index contributed by atoms with van der Waals surface area (Å²) in [4.78, 5) is 43.4. The predicted octanol–water partition coefficient (Wildman–Crippen LogP) is 1.93. The summed E-state index contributed by atoms with van der Waals surface area (Å²) in [6, 6.07) is 11.3. The molecule has 2 aromatic rings. The quantitative estimate of drug-likeness (QED) is 0.634. The van der Waals surface area contributed by atoms with Crippen molar-refractivity contribution in [2.45, 2.75) is 18.9 Å². The summed E-state index contributed by atoms with van der Waals surface area (Å²) in [5, 5.41) is 3.00. The highest BCUT2D eigenvalue weighted by Crippen LogP contribution is 2.33. The first kappa shape index (κ1) is 24.9. The zero-order chi connectivity index (χ0) is 25.8. The van der Waals surface area contributed by atoms with Gasteiger partial charge in [0.2, 0.25) is 12.7 Å². The van der Waals surface area contributed by atoms with Crippen molar-refractivity contribution in [3.05, 3.63) is 53.6 Å². The molecule has 3 amide bonds. The van der Waals surface area contributed by atoms with Crippen molar-refractivity contribution in [3.63, 3.8) is 0 Å². The highest BCUT2D eigenvalue weighted by atomic mass is 16.7. The second-order valence-corrected chi connectivity index (χ2v) is 9.31. The van der Waals surface area contributed by atoms with Gasteiger partial charge in [0.25, 0.3) is 11.8 Å². The minimum atomic E-state index is -0.700. The zero-order valence-electron chi connectivity index (χ0n) is 20.8. The predicted molar refractivity (Wildman–Crippen MR) is 133 cm³/mol. The summed E-state index contributed by atoms with van der Waals surface area (Å²) in [5.74, 6) is 1.17. The molecular weight excluding hydrogens is 478 g/mol. The van der Waals surface area contributed by atoms with E-state index in [0.717, 1.165) is 0 Å². The normalized spacial score (nSPS) is 18.3. The van der Waals surface area contributed by atoms with Crippen molar-refractivity contribution in [1.29, 1.82) is 0 Å². The van der Waals surface area contributed by atoms with Gasteiger partial charge in [0.15, 0.2) is 11.5 Å². The lowest BCUT2D eigenvalue weighted by atomic mass is 9.87. The second kappa shape index (κ2) is 11.1. The van der Waals surface area contributed by atoms with Crippen LogP contribution in [0.2, 0.25) is 0 Å². The number of nitrogens with zero attached hydrogens (tertiary/aromatic N) is 2. The van der Waals surface area contributed by atoms with Gasteiger partial charge in [0, 0.05) is 37.3 Å². The van der Waals surface area contributed by atoms with Crippen LogP contribution in [0.25, 0.3) is 0 Å². The number of hydrogen-bond donors (Lipinski definition) is 1. The van der Waals surface area contributed by atoms with Gasteiger partial charge in [0.1, 0.15) is 11.8 Å². The maximum Gasteiger partial charge on any atom is 0.253 e. The number of hydrogen-bond acceptors (Lipinski definition) is 7. The van der Waals surface area contributed by atoms with Crippen LogP contribution in [0.15, 0.2) is 42.5 Å². The number of piperidine rings is 1. The van der Waals surface area contributed by atoms with E-state index in [0.29, 0.717) is 80.6 Å². The Morgan fingerprint density at radius 3 is 2.27 bits per heavy atom. The van der Waals surface area contributed by atoms with Gasteiger partial charge in [-0.05, 0) is 61.2 Å². The molecule has 2 fully saturated rings. The van der Waals surface area contributed by atoms with Crippen LogP contribution in [-0.4, -0.2) is 86.9 Å². The molecule has 3 aliphatic rings. The molecule has 10 heteroatoms. The third-order valence-corrected chi connectivity index (χ3v) is 7.15. The Morgan fingerprint density at radius 1 is 0.892 bits per heavy atom. The molecule has 3 aliphatic heterocycles. The number of likely N-dealkylation sites (tertiary alicyclic amines) is 1. The molecule has 0 radical (unpaired) electrons. The maximum absolute atomic E-state index is 13.6. The molecule has 0 aromatic heterocycles. The van der Waals surface area contributed by atoms with Gasteiger partial charge in [-0.2, -0.15) is 0 Å². The number of methoxy groups -OCH3 is 1. The minimum absolute atomic E-state index is 0.0541. The molecule has 5 rings (SSSR count). The monoisotopic (exact) mass is 509 g/mol. The first-order valence-corrected chi connectivity index (χ1v) is 12.5. The number of carbonyl (C=O) groups is 3. The summed E-state index contributed by atoms with van der Waals surface area (Å²) in [7, 11) is 1.58. The molecule has 10 nitrogen and oxygen atoms in total. The summed E-state index contributed by atoms with van der Waals surface area (Å²) < 4.78 is 21.3. The van der Waals surface area contributed by atoms with Gasteiger partial charge >= 0.3 is 0 Å². The van der Waals surface area contributed by atoms with Crippen LogP contribution in [0, 0.1) is 5.92 Å². The molecule has 0 bridgehead atoms. The SMILES string of the molecule is COc1ccc(C(=O)N2CCC([C@@H](NC(=O)c3ccc4c(c3)OCO4)C(=O)N3CCOCC3)CC2)cc1. The van der Waals surface area contributed by atoms with Crippen molar-refractivity contribution in [3.8, 4) is 17.2 Å². The molecule has 0 saturated carbocycles. The molecule has 2 aromatic carbocycles. The molecule has 2 saturated heterocycles. The Bertz CT molecular complexity index is 1140. The Labute approximate surface area is 215 Å². The molecule has 1 atom stereocenters. The van der Waals surface area contributed by atoms with Crippen molar-refractivity contribution < 1.29 is 33.3 Å². The Morgan fingerprint density at radius 2 is 1.57 bits per heavy atom. The number of carbonyl (C=O) groups excluding carboxylic acids is 3. The molecule has 37 heavy (non-hydrogen) atoms. The average Bonchev–Trinajstić information content (AvgIpc) is 3.44. The summed E-state index contributed by atoms with van der Waals surface area (Å²) >= 11 is 0. The first-order valence-electron chi connectivity index (χ1n) is 12.5. The highest BCUT2D eigenvalue weighted by Gasteiger charge is 2.37. The lowest BCUT2D eigenvalue weighted by Gasteiger charge is -2.38. The topological polar surface area (TPSA) is 107 Å². The van der Waals surface area contributed by atoms with Crippen molar-refractivity contribution in [2.75, 3.05) is 53.3 Å². The summed E-state index contributed by atoms with van der Waals surface area (Å²) in [6.45, 7) is 3.05. The van der Waals surface area contributed by atoms with Crippen LogP contribution in [-0.2, 0) is 9.53 Å². The van der Waals surface area contributed by atoms with Crippen LogP contribution in [0.1, 0.15) is 33.6 Å². The average molecular weight is 510 g/mol. The number of amides is 3. The molecule has 1 N–H and O–H groups in total. The first-order chi connectivity index (χ1) is 18.0. The van der Waals surface area contributed by atoms with Gasteiger partial charge in [-0.25, -0.2) is 0 Å². The fourth-order valence-corrected chi connectivity index (χ4v) is 4.98. The van der Waals surface area contributed by atoms with Gasteiger partial charge < -0.3 is 34.1 Å². The van der Waals surface area contributed by atoms with E-state index in [9.17, 15) is 14.4 Å². The lowest BCUT2D eigenvalue weighted by Crippen LogP contribution is -2.56. The summed E-state index contributed by atoms with van der Waals surface area (Å²) in [5.41, 5.74) is 0.993. The Balaban J connectivity index is 1.28. The van der Waals surface area contributed by atoms with Crippen molar-refractivity contribution in [2.24, 2.45) is 5.92 Å². The smallest absolute Gasteiger partial charge is 0.253 e. The third kappa shape index (κ3) is 5.48. The molecular formula is C27H31N3O7. The molecule has 0 spiro atoms. The van der Waals surface area contributed by atoms with Crippen LogP contribution in [0.4, 0.5) is 0 Å². The lowest BCUT2D eigenvalue weighted by molar-refractivity contribution is -0.139. The van der Waals surface area contributed by atoms with Gasteiger partial charge in [0.05, 0.1) is 20.3 Å². The van der Waals surface area contributed by atoms with Crippen molar-refractivity contribution in [1.82, 2.24) is 15.1 Å². The third-order valence-electron chi connectivity index (χ3n) is 7.15. The van der Waals surface area contributed by atoms with E-state index < -0.39 is 6.04 Å². The molecule has 0 unspecified atom stereocenters. The molecule has 0 aliphatic carbocycles. The summed E-state index contributed by atoms with van der Waals surface area (Å²) in [6.07, 6.45) is 1.20. The van der Waals surface area contributed by atoms with E-state index >= 15 is 0 Å². The number of nitrogens with one attached hydrogen (secondary N) is 1. The van der Waals surface area contributed by atoms with E-state index in [4.69, 9.17) is 18.9 Å². The maximum atomic E-state index is 13.6. The van der Waals surface area contributed by atoms with E-state index in [1.165, 1.54) is 0 Å². The minimum Gasteiger partial charge on any atom is -0.497 e. The largest absolute Gasteiger partial charge is 0.497 e. The molecule has 3 heterocycles. The highest BCUT2D eigenvalue weighted by molar-refractivity contribution is 5.98. The number of morpholine rings is 1. The van der Waals surface area contributed by atoms with Crippen LogP contribution in [0.5, 0.6) is 17.2 Å². The van der Waals surface area contributed by atoms with Crippen LogP contribution in [0.3, 0.4) is 0 Å². The van der Waals surface area contributed by atoms with Gasteiger partial charge in [-0.15, -0.1) is 0 Å². The second-order valence-electron chi connectivity index (χ2n) is 9.31. The van der Waals surface area contributed by atoms with E-state index in [-0.39, 0.29) is 30.4 Å². The number of benzene rings is 2. The van der Waals surface area contributed by atoms with Crippen LogP contribution < -0.4 is 19.5 Å². The van der Waals surface area contributed by atoms with E-state index in [2.05, 4.69) is 5.32 Å². The fourth-order valence-electron chi connectivity index (χ4n) is 4.98. The Kier molecular flexibility index (Phi) is 7.45. The van der Waals surface area contributed by atoms with Gasteiger partial charge in [-0.1, -0.05) is 0 Å². The van der Waals surface area contributed by atoms with Gasteiger partial charge in [-0.3, -0.25) is 14.4 Å². The molecule has 196 valence electrons.